The number of nitrogens with zero attached hydrogens (tertiary/aromatic N) is 1. The summed E-state index contributed by atoms with van der Waals surface area (Å²) in [5.74, 6) is -0.0428. The smallest absolute Gasteiger partial charge is 0.240 e. The molecule has 3 rings (SSSR count). The minimum absolute atomic E-state index is 0.0428. The van der Waals surface area contributed by atoms with Gasteiger partial charge in [-0.2, -0.15) is 0 Å². The number of carbonyl (C=O) groups excluding carboxylic acids is 2. The van der Waals surface area contributed by atoms with Crippen molar-refractivity contribution in [3.05, 3.63) is 71.9 Å². The van der Waals surface area contributed by atoms with Gasteiger partial charge in [0.25, 0.3) is 0 Å². The maximum Gasteiger partial charge on any atom is 0.240 e. The summed E-state index contributed by atoms with van der Waals surface area (Å²) in [5.41, 5.74) is 2.79. The summed E-state index contributed by atoms with van der Waals surface area (Å²) in [6.45, 7) is 2.23. The SMILES string of the molecule is C[C@H](CCc1ccccc1)NC(=O)Cn1cc(C=O)c2ccccc21. The molecule has 1 heterocycles. The second-order valence-corrected chi connectivity index (χ2v) is 6.34. The topological polar surface area (TPSA) is 51.1 Å². The van der Waals surface area contributed by atoms with Crippen molar-refractivity contribution >= 4 is 23.1 Å². The monoisotopic (exact) mass is 334 g/mol. The number of aryl methyl sites for hydroxylation is 1. The lowest BCUT2D eigenvalue weighted by Crippen LogP contribution is -2.35. The normalized spacial score (nSPS) is 12.0. The van der Waals surface area contributed by atoms with E-state index in [1.54, 1.807) is 6.20 Å². The standard InChI is InChI=1S/C21H22N2O2/c1-16(11-12-17-7-3-2-4-8-17)22-21(25)14-23-13-18(15-24)19-9-5-6-10-20(19)23/h2-10,13,15-16H,11-12,14H2,1H3,(H,22,25)/t16-/m1/s1. The minimum Gasteiger partial charge on any atom is -0.352 e. The fourth-order valence-corrected chi connectivity index (χ4v) is 3.08. The molecular weight excluding hydrogens is 312 g/mol. The van der Waals surface area contributed by atoms with Crippen LogP contribution >= 0.6 is 0 Å². The van der Waals surface area contributed by atoms with Gasteiger partial charge in [-0.3, -0.25) is 9.59 Å². The molecule has 3 aromatic rings. The zero-order chi connectivity index (χ0) is 17.6. The Morgan fingerprint density at radius 2 is 1.84 bits per heavy atom. The zero-order valence-electron chi connectivity index (χ0n) is 14.3. The fourth-order valence-electron chi connectivity index (χ4n) is 3.08. The van der Waals surface area contributed by atoms with E-state index in [0.717, 1.165) is 30.0 Å². The first-order chi connectivity index (χ1) is 12.2. The summed E-state index contributed by atoms with van der Waals surface area (Å²) >= 11 is 0. The van der Waals surface area contributed by atoms with Gasteiger partial charge >= 0.3 is 0 Å². The average molecular weight is 334 g/mol. The zero-order valence-corrected chi connectivity index (χ0v) is 14.3. The minimum atomic E-state index is -0.0428. The van der Waals surface area contributed by atoms with Gasteiger partial charge in [0.1, 0.15) is 6.54 Å². The first kappa shape index (κ1) is 17.0. The number of aldehydes is 1. The highest BCUT2D eigenvalue weighted by molar-refractivity contribution is 5.98. The highest BCUT2D eigenvalue weighted by Gasteiger charge is 2.12. The number of carbonyl (C=O) groups is 2. The quantitative estimate of drug-likeness (QED) is 0.671. The average Bonchev–Trinajstić information content (AvgIpc) is 2.98. The van der Waals surface area contributed by atoms with Gasteiger partial charge in [0, 0.05) is 28.7 Å². The van der Waals surface area contributed by atoms with Crippen LogP contribution in [0.5, 0.6) is 0 Å². The predicted molar refractivity (Wildman–Crippen MR) is 99.7 cm³/mol. The number of benzene rings is 2. The van der Waals surface area contributed by atoms with Crippen molar-refractivity contribution in [3.8, 4) is 0 Å². The number of fused-ring (bicyclic) bond motifs is 1. The van der Waals surface area contributed by atoms with Gasteiger partial charge in [-0.25, -0.2) is 0 Å². The van der Waals surface area contributed by atoms with Crippen LogP contribution in [0, 0.1) is 0 Å². The molecule has 1 aromatic heterocycles. The van der Waals surface area contributed by atoms with Gasteiger partial charge in [0.2, 0.25) is 5.91 Å². The molecule has 1 N–H and O–H groups in total. The van der Waals surface area contributed by atoms with Gasteiger partial charge in [-0.05, 0) is 31.4 Å². The molecule has 0 spiro atoms. The summed E-state index contributed by atoms with van der Waals surface area (Å²) in [7, 11) is 0. The van der Waals surface area contributed by atoms with Crippen molar-refractivity contribution in [2.24, 2.45) is 0 Å². The van der Waals surface area contributed by atoms with Crippen LogP contribution < -0.4 is 5.32 Å². The summed E-state index contributed by atoms with van der Waals surface area (Å²) < 4.78 is 1.83. The van der Waals surface area contributed by atoms with Gasteiger partial charge in [0.15, 0.2) is 6.29 Å². The molecule has 1 atom stereocenters. The Morgan fingerprint density at radius 3 is 2.60 bits per heavy atom. The first-order valence-electron chi connectivity index (χ1n) is 8.53. The van der Waals surface area contributed by atoms with Gasteiger partial charge in [-0.1, -0.05) is 48.5 Å². The molecule has 2 aromatic carbocycles. The van der Waals surface area contributed by atoms with Crippen LogP contribution in [0.4, 0.5) is 0 Å². The van der Waals surface area contributed by atoms with Crippen LogP contribution in [0.2, 0.25) is 0 Å². The fraction of sp³-hybridized carbons (Fsp3) is 0.238. The van der Waals surface area contributed by atoms with Crippen molar-refractivity contribution in [2.75, 3.05) is 0 Å². The Balaban J connectivity index is 1.60. The Kier molecular flexibility index (Phi) is 5.29. The molecular formula is C21H22N2O2. The molecule has 0 bridgehead atoms. The van der Waals surface area contributed by atoms with Crippen LogP contribution in [0.1, 0.15) is 29.3 Å². The number of hydrogen-bond donors (Lipinski definition) is 1. The molecule has 0 aliphatic heterocycles. The molecule has 128 valence electrons. The van der Waals surface area contributed by atoms with Crippen molar-refractivity contribution in [1.82, 2.24) is 9.88 Å². The number of rotatable bonds is 7. The molecule has 0 unspecified atom stereocenters. The summed E-state index contributed by atoms with van der Waals surface area (Å²) in [6, 6.07) is 18.0. The molecule has 0 saturated heterocycles. The van der Waals surface area contributed by atoms with E-state index in [1.807, 2.05) is 54.0 Å². The number of nitrogens with one attached hydrogen (secondary N) is 1. The van der Waals surface area contributed by atoms with Crippen LogP contribution in [0.25, 0.3) is 10.9 Å². The highest BCUT2D eigenvalue weighted by atomic mass is 16.2. The van der Waals surface area contributed by atoms with E-state index in [-0.39, 0.29) is 18.5 Å². The Labute approximate surface area is 147 Å². The van der Waals surface area contributed by atoms with Crippen LogP contribution in [0.15, 0.2) is 60.8 Å². The van der Waals surface area contributed by atoms with Crippen molar-refractivity contribution < 1.29 is 9.59 Å². The second kappa shape index (κ2) is 7.79. The second-order valence-electron chi connectivity index (χ2n) is 6.34. The number of amides is 1. The summed E-state index contributed by atoms with van der Waals surface area (Å²) in [4.78, 5) is 23.6. The van der Waals surface area contributed by atoms with E-state index >= 15 is 0 Å². The predicted octanol–water partition coefficient (Wildman–Crippen LogP) is 3.59. The Bertz CT molecular complexity index is 868. The van der Waals surface area contributed by atoms with E-state index in [1.165, 1.54) is 5.56 Å². The number of aromatic nitrogens is 1. The number of hydrogen-bond acceptors (Lipinski definition) is 2. The van der Waals surface area contributed by atoms with E-state index in [0.29, 0.717) is 5.56 Å². The van der Waals surface area contributed by atoms with Crippen LogP contribution in [-0.4, -0.2) is 22.8 Å². The van der Waals surface area contributed by atoms with E-state index < -0.39 is 0 Å². The lowest BCUT2D eigenvalue weighted by Gasteiger charge is -2.14. The first-order valence-corrected chi connectivity index (χ1v) is 8.53. The molecule has 4 nitrogen and oxygen atoms in total. The molecule has 0 fully saturated rings. The maximum atomic E-state index is 12.4. The molecule has 0 aliphatic rings. The van der Waals surface area contributed by atoms with Crippen molar-refractivity contribution in [3.63, 3.8) is 0 Å². The third-order valence-corrected chi connectivity index (χ3v) is 4.38. The van der Waals surface area contributed by atoms with Crippen LogP contribution in [-0.2, 0) is 17.8 Å². The summed E-state index contributed by atoms with van der Waals surface area (Å²) in [5, 5.41) is 3.92. The van der Waals surface area contributed by atoms with Crippen molar-refractivity contribution in [1.29, 1.82) is 0 Å². The molecule has 0 aliphatic carbocycles. The maximum absolute atomic E-state index is 12.4. The third kappa shape index (κ3) is 4.15. The van der Waals surface area contributed by atoms with Crippen LogP contribution in [0.3, 0.4) is 0 Å². The van der Waals surface area contributed by atoms with Crippen molar-refractivity contribution in [2.45, 2.75) is 32.4 Å². The molecule has 1 amide bonds. The Morgan fingerprint density at radius 1 is 1.12 bits per heavy atom. The number of para-hydroxylation sites is 1. The molecule has 25 heavy (non-hydrogen) atoms. The third-order valence-electron chi connectivity index (χ3n) is 4.38. The van der Waals surface area contributed by atoms with Gasteiger partial charge in [-0.15, -0.1) is 0 Å². The lowest BCUT2D eigenvalue weighted by molar-refractivity contribution is -0.122. The molecule has 0 radical (unpaired) electrons. The lowest BCUT2D eigenvalue weighted by atomic mass is 10.1. The largest absolute Gasteiger partial charge is 0.352 e. The van der Waals surface area contributed by atoms with E-state index in [4.69, 9.17) is 0 Å². The highest BCUT2D eigenvalue weighted by Crippen LogP contribution is 2.19. The summed E-state index contributed by atoms with van der Waals surface area (Å²) in [6.07, 6.45) is 4.40. The molecule has 4 heteroatoms. The van der Waals surface area contributed by atoms with Gasteiger partial charge < -0.3 is 9.88 Å². The van der Waals surface area contributed by atoms with E-state index in [2.05, 4.69) is 17.4 Å². The molecule has 0 saturated carbocycles. The Hall–Kier alpha value is -2.88. The van der Waals surface area contributed by atoms with Gasteiger partial charge in [0.05, 0.1) is 0 Å². The van der Waals surface area contributed by atoms with E-state index in [9.17, 15) is 9.59 Å².